The van der Waals surface area contributed by atoms with Crippen LogP contribution in [0.3, 0.4) is 0 Å². The molecule has 4 heteroatoms. The van der Waals surface area contributed by atoms with Crippen LogP contribution in [0, 0.1) is 6.92 Å². The van der Waals surface area contributed by atoms with E-state index in [0.29, 0.717) is 16.6 Å². The number of anilines is 1. The maximum Gasteiger partial charge on any atom is 0.143 e. The molecule has 0 fully saturated rings. The summed E-state index contributed by atoms with van der Waals surface area (Å²) in [6.45, 7) is 2.78. The summed E-state index contributed by atoms with van der Waals surface area (Å²) in [6.07, 6.45) is -0.0510. The van der Waals surface area contributed by atoms with E-state index in [-0.39, 0.29) is 6.10 Å². The highest BCUT2D eigenvalue weighted by atomic mass is 35.5. The van der Waals surface area contributed by atoms with E-state index in [1.165, 1.54) is 5.56 Å². The fraction of sp³-hybridized carbons (Fsp3) is 0.200. The number of aryl methyl sites for hydroxylation is 1. The van der Waals surface area contributed by atoms with Gasteiger partial charge in [-0.1, -0.05) is 35.3 Å². The first-order valence-electron chi connectivity index (χ1n) is 6.09. The van der Waals surface area contributed by atoms with Crippen LogP contribution in [0.25, 0.3) is 0 Å². The molecule has 3 rings (SSSR count). The number of ether oxygens (including phenoxy) is 1. The van der Waals surface area contributed by atoms with Crippen LogP contribution in [0.5, 0.6) is 5.75 Å². The molecule has 0 saturated carbocycles. The zero-order valence-electron chi connectivity index (χ0n) is 10.4. The number of hydrogen-bond acceptors (Lipinski definition) is 2. The van der Waals surface area contributed by atoms with E-state index >= 15 is 0 Å². The van der Waals surface area contributed by atoms with Gasteiger partial charge in [0.1, 0.15) is 11.9 Å². The smallest absolute Gasteiger partial charge is 0.143 e. The van der Waals surface area contributed by atoms with Gasteiger partial charge in [0, 0.05) is 0 Å². The molecule has 1 atom stereocenters. The maximum atomic E-state index is 6.05. The Kier molecular flexibility index (Phi) is 3.29. The van der Waals surface area contributed by atoms with Crippen LogP contribution in [0.4, 0.5) is 5.69 Å². The number of nitrogens with one attached hydrogen (secondary N) is 1. The van der Waals surface area contributed by atoms with Gasteiger partial charge < -0.3 is 10.1 Å². The topological polar surface area (TPSA) is 21.3 Å². The predicted octanol–water partition coefficient (Wildman–Crippen LogP) is 4.85. The minimum Gasteiger partial charge on any atom is -0.482 e. The van der Waals surface area contributed by atoms with Gasteiger partial charge in [-0.05, 0) is 42.3 Å². The average Bonchev–Trinajstić information content (AvgIpc) is 2.41. The molecule has 98 valence electrons. The number of hydrogen-bond donors (Lipinski definition) is 1. The Hall–Kier alpha value is -1.38. The summed E-state index contributed by atoms with van der Waals surface area (Å²) in [7, 11) is 0. The highest BCUT2D eigenvalue weighted by Gasteiger charge is 2.21. The second-order valence-corrected chi connectivity index (χ2v) is 5.47. The van der Waals surface area contributed by atoms with Gasteiger partial charge in [-0.2, -0.15) is 0 Å². The van der Waals surface area contributed by atoms with Crippen LogP contribution >= 0.6 is 23.2 Å². The van der Waals surface area contributed by atoms with Gasteiger partial charge in [0.15, 0.2) is 0 Å². The van der Waals surface area contributed by atoms with Crippen molar-refractivity contribution in [2.24, 2.45) is 0 Å². The van der Waals surface area contributed by atoms with Crippen LogP contribution in [0.1, 0.15) is 17.2 Å². The predicted molar refractivity (Wildman–Crippen MR) is 79.5 cm³/mol. The minimum absolute atomic E-state index is 0.0510. The van der Waals surface area contributed by atoms with Crippen molar-refractivity contribution in [3.63, 3.8) is 0 Å². The molecule has 0 aliphatic carbocycles. The fourth-order valence-electron chi connectivity index (χ4n) is 2.18. The number of rotatable bonds is 1. The van der Waals surface area contributed by atoms with Crippen molar-refractivity contribution in [3.05, 3.63) is 57.6 Å². The first-order chi connectivity index (χ1) is 9.13. The molecule has 1 N–H and O–H groups in total. The molecule has 0 radical (unpaired) electrons. The normalized spacial score (nSPS) is 17.3. The summed E-state index contributed by atoms with van der Waals surface area (Å²) >= 11 is 12.0. The third-order valence-electron chi connectivity index (χ3n) is 3.20. The maximum absolute atomic E-state index is 6.05. The Morgan fingerprint density at radius 2 is 1.95 bits per heavy atom. The van der Waals surface area contributed by atoms with E-state index in [1.54, 1.807) is 6.07 Å². The summed E-state index contributed by atoms with van der Waals surface area (Å²) in [5, 5.41) is 4.50. The molecule has 1 unspecified atom stereocenters. The Labute approximate surface area is 122 Å². The van der Waals surface area contributed by atoms with E-state index in [1.807, 2.05) is 24.3 Å². The Balaban J connectivity index is 1.89. The Morgan fingerprint density at radius 3 is 2.74 bits per heavy atom. The molecular weight excluding hydrogens is 281 g/mol. The SMILES string of the molecule is Cc1ccc2c(c1)NCC(c1ccc(Cl)c(Cl)c1)O2. The molecule has 0 amide bonds. The highest BCUT2D eigenvalue weighted by Crippen LogP contribution is 2.36. The van der Waals surface area contributed by atoms with Crippen molar-refractivity contribution >= 4 is 28.9 Å². The van der Waals surface area contributed by atoms with Gasteiger partial charge in [-0.3, -0.25) is 0 Å². The standard InChI is InChI=1S/C15H13Cl2NO/c1-9-2-5-14-13(6-9)18-8-15(19-14)10-3-4-11(16)12(17)7-10/h2-7,15,18H,8H2,1H3. The monoisotopic (exact) mass is 293 g/mol. The van der Waals surface area contributed by atoms with Crippen LogP contribution in [-0.2, 0) is 0 Å². The van der Waals surface area contributed by atoms with Gasteiger partial charge >= 0.3 is 0 Å². The zero-order valence-corrected chi connectivity index (χ0v) is 11.9. The first kappa shape index (κ1) is 12.6. The van der Waals surface area contributed by atoms with E-state index in [2.05, 4.69) is 18.3 Å². The summed E-state index contributed by atoms with van der Waals surface area (Å²) in [5.41, 5.74) is 3.27. The molecule has 0 saturated heterocycles. The molecule has 2 aromatic rings. The molecule has 0 spiro atoms. The summed E-state index contributed by atoms with van der Waals surface area (Å²) in [6, 6.07) is 11.7. The third kappa shape index (κ3) is 2.51. The van der Waals surface area contributed by atoms with E-state index < -0.39 is 0 Å². The molecular formula is C15H13Cl2NO. The zero-order chi connectivity index (χ0) is 13.4. The second kappa shape index (κ2) is 4.95. The first-order valence-corrected chi connectivity index (χ1v) is 6.85. The summed E-state index contributed by atoms with van der Waals surface area (Å²) in [5.74, 6) is 0.868. The lowest BCUT2D eigenvalue weighted by Crippen LogP contribution is -2.23. The minimum atomic E-state index is -0.0510. The van der Waals surface area contributed by atoms with Crippen LogP contribution < -0.4 is 10.1 Å². The Morgan fingerprint density at radius 1 is 1.11 bits per heavy atom. The number of fused-ring (bicyclic) bond motifs is 1. The molecule has 0 bridgehead atoms. The van der Waals surface area contributed by atoms with Gasteiger partial charge in [0.05, 0.1) is 22.3 Å². The largest absolute Gasteiger partial charge is 0.482 e. The van der Waals surface area contributed by atoms with E-state index in [4.69, 9.17) is 27.9 Å². The van der Waals surface area contributed by atoms with Crippen molar-refractivity contribution < 1.29 is 4.74 Å². The molecule has 2 nitrogen and oxygen atoms in total. The van der Waals surface area contributed by atoms with Crippen LogP contribution in [-0.4, -0.2) is 6.54 Å². The average molecular weight is 294 g/mol. The van der Waals surface area contributed by atoms with Gasteiger partial charge in [-0.15, -0.1) is 0 Å². The lowest BCUT2D eigenvalue weighted by Gasteiger charge is -2.28. The van der Waals surface area contributed by atoms with Crippen molar-refractivity contribution in [1.29, 1.82) is 0 Å². The van der Waals surface area contributed by atoms with Gasteiger partial charge in [-0.25, -0.2) is 0 Å². The summed E-state index contributed by atoms with van der Waals surface area (Å²) < 4.78 is 6.00. The van der Waals surface area contributed by atoms with Crippen molar-refractivity contribution in [2.45, 2.75) is 13.0 Å². The second-order valence-electron chi connectivity index (χ2n) is 4.66. The lowest BCUT2D eigenvalue weighted by molar-refractivity contribution is 0.210. The van der Waals surface area contributed by atoms with Crippen molar-refractivity contribution in [2.75, 3.05) is 11.9 Å². The molecule has 1 aliphatic rings. The van der Waals surface area contributed by atoms with Gasteiger partial charge in [0.25, 0.3) is 0 Å². The fourth-order valence-corrected chi connectivity index (χ4v) is 2.49. The number of halogens is 2. The molecule has 19 heavy (non-hydrogen) atoms. The molecule has 1 aliphatic heterocycles. The highest BCUT2D eigenvalue weighted by molar-refractivity contribution is 6.42. The quantitative estimate of drug-likeness (QED) is 0.812. The van der Waals surface area contributed by atoms with Crippen LogP contribution in [0.15, 0.2) is 36.4 Å². The summed E-state index contributed by atoms with van der Waals surface area (Å²) in [4.78, 5) is 0. The molecule has 2 aromatic carbocycles. The van der Waals surface area contributed by atoms with Crippen molar-refractivity contribution in [3.8, 4) is 5.75 Å². The van der Waals surface area contributed by atoms with Crippen LogP contribution in [0.2, 0.25) is 10.0 Å². The Bertz CT molecular complexity index is 628. The lowest BCUT2D eigenvalue weighted by atomic mass is 10.1. The third-order valence-corrected chi connectivity index (χ3v) is 3.94. The van der Waals surface area contributed by atoms with Gasteiger partial charge in [0.2, 0.25) is 0 Å². The van der Waals surface area contributed by atoms with E-state index in [9.17, 15) is 0 Å². The molecule has 1 heterocycles. The van der Waals surface area contributed by atoms with E-state index in [0.717, 1.165) is 17.0 Å². The number of benzene rings is 2. The molecule has 0 aromatic heterocycles. The van der Waals surface area contributed by atoms with Crippen molar-refractivity contribution in [1.82, 2.24) is 0 Å².